The Kier molecular flexibility index (Phi) is 3.54. The molecular formula is C14H14N4. The van der Waals surface area contributed by atoms with Crippen molar-refractivity contribution in [1.82, 2.24) is 9.97 Å². The summed E-state index contributed by atoms with van der Waals surface area (Å²) in [5.41, 5.74) is 3.73. The molecule has 2 aromatic rings. The highest BCUT2D eigenvalue weighted by Crippen LogP contribution is 2.14. The first-order valence-corrected chi connectivity index (χ1v) is 5.72. The molecule has 2 rings (SSSR count). The molecule has 0 saturated carbocycles. The Morgan fingerprint density at radius 2 is 2.11 bits per heavy atom. The van der Waals surface area contributed by atoms with Crippen LogP contribution in [0.15, 0.2) is 30.6 Å². The van der Waals surface area contributed by atoms with E-state index in [0.29, 0.717) is 17.9 Å². The molecule has 18 heavy (non-hydrogen) atoms. The molecule has 0 fully saturated rings. The van der Waals surface area contributed by atoms with Crippen LogP contribution < -0.4 is 5.32 Å². The van der Waals surface area contributed by atoms with Gasteiger partial charge < -0.3 is 5.32 Å². The summed E-state index contributed by atoms with van der Waals surface area (Å²) < 4.78 is 0. The average Bonchev–Trinajstić information content (AvgIpc) is 2.38. The second-order valence-electron chi connectivity index (χ2n) is 4.12. The summed E-state index contributed by atoms with van der Waals surface area (Å²) in [7, 11) is 0. The molecule has 1 N–H and O–H groups in total. The lowest BCUT2D eigenvalue weighted by Gasteiger charge is -2.09. The molecule has 2 aromatic heterocycles. The van der Waals surface area contributed by atoms with Crippen molar-refractivity contribution in [2.75, 3.05) is 5.32 Å². The predicted octanol–water partition coefficient (Wildman–Crippen LogP) is 2.58. The number of nitrogens with zero attached hydrogens (tertiary/aromatic N) is 3. The van der Waals surface area contributed by atoms with Crippen LogP contribution in [0.2, 0.25) is 0 Å². The van der Waals surface area contributed by atoms with Crippen LogP contribution >= 0.6 is 0 Å². The first kappa shape index (κ1) is 12.1. The summed E-state index contributed by atoms with van der Waals surface area (Å²) in [4.78, 5) is 8.39. The van der Waals surface area contributed by atoms with E-state index in [0.717, 1.165) is 16.8 Å². The minimum absolute atomic E-state index is 0.562. The normalized spacial score (nSPS) is 9.83. The number of aryl methyl sites for hydroxylation is 2. The first-order chi connectivity index (χ1) is 8.70. The highest BCUT2D eigenvalue weighted by atomic mass is 15.0. The third-order valence-corrected chi connectivity index (χ3v) is 2.74. The van der Waals surface area contributed by atoms with Crippen molar-refractivity contribution < 1.29 is 0 Å². The van der Waals surface area contributed by atoms with Crippen molar-refractivity contribution in [2.24, 2.45) is 0 Å². The van der Waals surface area contributed by atoms with Crippen LogP contribution in [0.5, 0.6) is 0 Å². The highest BCUT2D eigenvalue weighted by molar-refractivity contribution is 5.52. The molecule has 0 aliphatic heterocycles. The number of nitriles is 1. The van der Waals surface area contributed by atoms with Gasteiger partial charge in [0.2, 0.25) is 0 Å². The Labute approximate surface area is 106 Å². The quantitative estimate of drug-likeness (QED) is 0.892. The van der Waals surface area contributed by atoms with Gasteiger partial charge in [-0.25, -0.2) is 4.98 Å². The van der Waals surface area contributed by atoms with Crippen LogP contribution in [0.25, 0.3) is 0 Å². The van der Waals surface area contributed by atoms with Gasteiger partial charge in [-0.3, -0.25) is 4.98 Å². The summed E-state index contributed by atoms with van der Waals surface area (Å²) >= 11 is 0. The summed E-state index contributed by atoms with van der Waals surface area (Å²) in [5, 5.41) is 12.2. The Morgan fingerprint density at radius 1 is 1.28 bits per heavy atom. The molecule has 0 spiro atoms. The molecule has 0 aliphatic rings. The van der Waals surface area contributed by atoms with Crippen molar-refractivity contribution in [2.45, 2.75) is 20.4 Å². The fourth-order valence-electron chi connectivity index (χ4n) is 1.66. The van der Waals surface area contributed by atoms with E-state index in [9.17, 15) is 0 Å². The summed E-state index contributed by atoms with van der Waals surface area (Å²) in [5.74, 6) is 0.633. The third kappa shape index (κ3) is 2.64. The number of anilines is 1. The van der Waals surface area contributed by atoms with E-state index in [2.05, 4.69) is 21.4 Å². The summed E-state index contributed by atoms with van der Waals surface area (Å²) in [6.07, 6.45) is 3.59. The molecular weight excluding hydrogens is 224 g/mol. The molecule has 0 amide bonds. The van der Waals surface area contributed by atoms with Gasteiger partial charge in [-0.1, -0.05) is 0 Å². The number of rotatable bonds is 3. The fraction of sp³-hybridized carbons (Fsp3) is 0.214. The maximum atomic E-state index is 9.02. The molecule has 0 aromatic carbocycles. The predicted molar refractivity (Wildman–Crippen MR) is 70.0 cm³/mol. The molecule has 0 saturated heterocycles. The lowest BCUT2D eigenvalue weighted by Crippen LogP contribution is -2.05. The maximum absolute atomic E-state index is 9.02. The van der Waals surface area contributed by atoms with Crippen LogP contribution in [-0.2, 0) is 6.54 Å². The van der Waals surface area contributed by atoms with E-state index < -0.39 is 0 Å². The van der Waals surface area contributed by atoms with E-state index in [4.69, 9.17) is 5.26 Å². The van der Waals surface area contributed by atoms with Gasteiger partial charge in [-0.05, 0) is 43.2 Å². The van der Waals surface area contributed by atoms with Gasteiger partial charge in [0.15, 0.2) is 0 Å². The first-order valence-electron chi connectivity index (χ1n) is 5.72. The molecule has 2 heterocycles. The number of hydrogen-bond donors (Lipinski definition) is 1. The number of nitrogens with one attached hydrogen (secondary N) is 1. The zero-order chi connectivity index (χ0) is 13.0. The topological polar surface area (TPSA) is 61.6 Å². The standard InChI is InChI=1S/C14H14N4/c1-10-8-16-6-5-13(10)9-17-14-12(7-15)4-3-11(2)18-14/h3-6,8H,9H2,1-2H3,(H,17,18). The van der Waals surface area contributed by atoms with Gasteiger partial charge in [0.1, 0.15) is 11.9 Å². The fourth-order valence-corrected chi connectivity index (χ4v) is 1.66. The minimum Gasteiger partial charge on any atom is -0.365 e. The summed E-state index contributed by atoms with van der Waals surface area (Å²) in [6, 6.07) is 7.72. The molecule has 0 unspecified atom stereocenters. The molecule has 90 valence electrons. The highest BCUT2D eigenvalue weighted by Gasteiger charge is 2.04. The smallest absolute Gasteiger partial charge is 0.144 e. The van der Waals surface area contributed by atoms with E-state index in [1.54, 1.807) is 12.3 Å². The van der Waals surface area contributed by atoms with Gasteiger partial charge in [-0.2, -0.15) is 5.26 Å². The van der Waals surface area contributed by atoms with Crippen LogP contribution in [0.1, 0.15) is 22.4 Å². The average molecular weight is 238 g/mol. The second-order valence-corrected chi connectivity index (χ2v) is 4.12. The Bertz CT molecular complexity index is 599. The van der Waals surface area contributed by atoms with E-state index in [1.165, 1.54) is 0 Å². The van der Waals surface area contributed by atoms with Crippen molar-refractivity contribution in [3.8, 4) is 6.07 Å². The molecule has 0 aliphatic carbocycles. The molecule has 0 radical (unpaired) electrons. The lowest BCUT2D eigenvalue weighted by atomic mass is 10.1. The monoisotopic (exact) mass is 238 g/mol. The van der Waals surface area contributed by atoms with E-state index in [1.807, 2.05) is 32.2 Å². The van der Waals surface area contributed by atoms with Crippen LogP contribution in [0, 0.1) is 25.2 Å². The van der Waals surface area contributed by atoms with Crippen LogP contribution in [-0.4, -0.2) is 9.97 Å². The van der Waals surface area contributed by atoms with Gasteiger partial charge >= 0.3 is 0 Å². The van der Waals surface area contributed by atoms with Crippen molar-refractivity contribution in [3.63, 3.8) is 0 Å². The lowest BCUT2D eigenvalue weighted by molar-refractivity contribution is 1.05. The number of hydrogen-bond acceptors (Lipinski definition) is 4. The molecule has 4 nitrogen and oxygen atoms in total. The Morgan fingerprint density at radius 3 is 2.83 bits per heavy atom. The second kappa shape index (κ2) is 5.28. The van der Waals surface area contributed by atoms with Crippen LogP contribution in [0.3, 0.4) is 0 Å². The number of pyridine rings is 2. The Hall–Kier alpha value is -2.41. The van der Waals surface area contributed by atoms with Crippen molar-refractivity contribution in [1.29, 1.82) is 5.26 Å². The maximum Gasteiger partial charge on any atom is 0.144 e. The molecule has 4 heteroatoms. The zero-order valence-electron chi connectivity index (χ0n) is 10.4. The van der Waals surface area contributed by atoms with Crippen LogP contribution in [0.4, 0.5) is 5.82 Å². The van der Waals surface area contributed by atoms with Gasteiger partial charge in [0.05, 0.1) is 5.56 Å². The van der Waals surface area contributed by atoms with Gasteiger partial charge in [-0.15, -0.1) is 0 Å². The summed E-state index contributed by atoms with van der Waals surface area (Å²) in [6.45, 7) is 4.56. The molecule has 0 atom stereocenters. The van der Waals surface area contributed by atoms with E-state index >= 15 is 0 Å². The van der Waals surface area contributed by atoms with Gasteiger partial charge in [0.25, 0.3) is 0 Å². The van der Waals surface area contributed by atoms with Crippen molar-refractivity contribution in [3.05, 3.63) is 53.0 Å². The SMILES string of the molecule is Cc1ccc(C#N)c(NCc2ccncc2C)n1. The molecule has 0 bridgehead atoms. The Balaban J connectivity index is 2.18. The zero-order valence-corrected chi connectivity index (χ0v) is 10.4. The third-order valence-electron chi connectivity index (χ3n) is 2.74. The largest absolute Gasteiger partial charge is 0.365 e. The number of aromatic nitrogens is 2. The van der Waals surface area contributed by atoms with Crippen molar-refractivity contribution >= 4 is 5.82 Å². The van der Waals surface area contributed by atoms with Gasteiger partial charge in [0, 0.05) is 24.6 Å². The minimum atomic E-state index is 0.562. The van der Waals surface area contributed by atoms with E-state index in [-0.39, 0.29) is 0 Å².